The molecule has 0 radical (unpaired) electrons. The third kappa shape index (κ3) is 6.40. The average molecular weight is 303 g/mol. The van der Waals surface area contributed by atoms with Gasteiger partial charge < -0.3 is 0 Å². The van der Waals surface area contributed by atoms with E-state index in [9.17, 15) is 0 Å². The summed E-state index contributed by atoms with van der Waals surface area (Å²) in [6.45, 7) is 4.50. The Morgan fingerprint density at radius 1 is 0.944 bits per heavy atom. The SMILES string of the molecule is CCCCSC(SCCCC)c1ccc(Cl)cc1. The summed E-state index contributed by atoms with van der Waals surface area (Å²) in [6.07, 6.45) is 5.17. The lowest BCUT2D eigenvalue weighted by molar-refractivity contribution is 0.892. The summed E-state index contributed by atoms with van der Waals surface area (Å²) in [6, 6.07) is 8.35. The zero-order valence-corrected chi connectivity index (χ0v) is 13.7. The Hall–Kier alpha value is 0.210. The van der Waals surface area contributed by atoms with E-state index in [4.69, 9.17) is 11.6 Å². The van der Waals surface area contributed by atoms with Gasteiger partial charge in [0.05, 0.1) is 4.58 Å². The molecule has 0 spiro atoms. The third-order valence-electron chi connectivity index (χ3n) is 2.68. The molecule has 0 atom stereocenters. The number of rotatable bonds is 9. The summed E-state index contributed by atoms with van der Waals surface area (Å²) in [5.74, 6) is 2.51. The summed E-state index contributed by atoms with van der Waals surface area (Å²) >= 11 is 10.1. The minimum absolute atomic E-state index is 0.570. The summed E-state index contributed by atoms with van der Waals surface area (Å²) in [4.78, 5) is 0. The summed E-state index contributed by atoms with van der Waals surface area (Å²) < 4.78 is 0.570. The van der Waals surface area contributed by atoms with Crippen LogP contribution in [0.3, 0.4) is 0 Å². The van der Waals surface area contributed by atoms with E-state index in [1.807, 2.05) is 12.1 Å². The highest BCUT2D eigenvalue weighted by Gasteiger charge is 2.11. The van der Waals surface area contributed by atoms with E-state index in [0.717, 1.165) is 5.02 Å². The van der Waals surface area contributed by atoms with Gasteiger partial charge in [-0.05, 0) is 42.0 Å². The third-order valence-corrected chi connectivity index (χ3v) is 5.94. The highest BCUT2D eigenvalue weighted by molar-refractivity contribution is 8.16. The van der Waals surface area contributed by atoms with E-state index >= 15 is 0 Å². The first-order chi connectivity index (χ1) is 8.77. The highest BCUT2D eigenvalue weighted by Crippen LogP contribution is 2.40. The lowest BCUT2D eigenvalue weighted by atomic mass is 10.2. The van der Waals surface area contributed by atoms with Gasteiger partial charge in [0.25, 0.3) is 0 Å². The second-order valence-corrected chi connectivity index (χ2v) is 7.49. The van der Waals surface area contributed by atoms with Gasteiger partial charge in [0.1, 0.15) is 0 Å². The van der Waals surface area contributed by atoms with Crippen molar-refractivity contribution in [2.75, 3.05) is 11.5 Å². The van der Waals surface area contributed by atoms with Gasteiger partial charge in [0, 0.05) is 5.02 Å². The van der Waals surface area contributed by atoms with Crippen molar-refractivity contribution in [2.45, 2.75) is 44.1 Å². The van der Waals surface area contributed by atoms with Crippen LogP contribution in [0.5, 0.6) is 0 Å². The van der Waals surface area contributed by atoms with Crippen LogP contribution in [0.25, 0.3) is 0 Å². The number of hydrogen-bond donors (Lipinski definition) is 0. The average Bonchev–Trinajstić information content (AvgIpc) is 2.38. The van der Waals surface area contributed by atoms with Crippen LogP contribution in [0.1, 0.15) is 49.7 Å². The van der Waals surface area contributed by atoms with E-state index in [-0.39, 0.29) is 0 Å². The molecular formula is C15H23ClS2. The highest BCUT2D eigenvalue weighted by atomic mass is 35.5. The fraction of sp³-hybridized carbons (Fsp3) is 0.600. The number of benzene rings is 1. The molecule has 0 aromatic heterocycles. The van der Waals surface area contributed by atoms with E-state index in [2.05, 4.69) is 49.5 Å². The second-order valence-electron chi connectivity index (χ2n) is 4.33. The molecule has 0 aliphatic rings. The first-order valence-corrected chi connectivity index (χ1v) is 9.24. The topological polar surface area (TPSA) is 0 Å². The molecule has 1 rings (SSSR count). The fourth-order valence-corrected chi connectivity index (χ4v) is 4.66. The van der Waals surface area contributed by atoms with Crippen LogP contribution in [0, 0.1) is 0 Å². The molecule has 0 aliphatic heterocycles. The van der Waals surface area contributed by atoms with Crippen LogP contribution >= 0.6 is 35.1 Å². The van der Waals surface area contributed by atoms with Crippen LogP contribution in [-0.2, 0) is 0 Å². The maximum Gasteiger partial charge on any atom is 0.0751 e. The molecule has 0 nitrogen and oxygen atoms in total. The molecule has 1 aromatic rings. The molecule has 0 aliphatic carbocycles. The molecule has 0 fully saturated rings. The van der Waals surface area contributed by atoms with E-state index in [1.54, 1.807) is 0 Å². The zero-order chi connectivity index (χ0) is 13.2. The van der Waals surface area contributed by atoms with Crippen LogP contribution < -0.4 is 0 Å². The largest absolute Gasteiger partial charge is 0.143 e. The van der Waals surface area contributed by atoms with Gasteiger partial charge in [-0.2, -0.15) is 0 Å². The van der Waals surface area contributed by atoms with Gasteiger partial charge in [-0.1, -0.05) is 50.4 Å². The standard InChI is InChI=1S/C15H23ClS2/c1-3-5-11-17-15(18-12-6-4-2)13-7-9-14(16)10-8-13/h7-10,15H,3-6,11-12H2,1-2H3. The Morgan fingerprint density at radius 2 is 1.44 bits per heavy atom. The number of thioether (sulfide) groups is 2. The van der Waals surface area contributed by atoms with E-state index < -0.39 is 0 Å². The zero-order valence-electron chi connectivity index (χ0n) is 11.3. The van der Waals surface area contributed by atoms with Crippen molar-refractivity contribution in [3.05, 3.63) is 34.9 Å². The van der Waals surface area contributed by atoms with E-state index in [1.165, 1.54) is 42.8 Å². The predicted molar refractivity (Wildman–Crippen MR) is 88.9 cm³/mol. The van der Waals surface area contributed by atoms with Crippen molar-refractivity contribution in [2.24, 2.45) is 0 Å². The van der Waals surface area contributed by atoms with Crippen LogP contribution in [-0.4, -0.2) is 11.5 Å². The fourth-order valence-electron chi connectivity index (χ4n) is 1.53. The molecule has 0 saturated carbocycles. The Morgan fingerprint density at radius 3 is 1.89 bits per heavy atom. The lowest BCUT2D eigenvalue weighted by Crippen LogP contribution is -1.93. The summed E-state index contributed by atoms with van der Waals surface area (Å²) in [7, 11) is 0. The van der Waals surface area contributed by atoms with Gasteiger partial charge in [-0.3, -0.25) is 0 Å². The Labute approximate surface area is 125 Å². The van der Waals surface area contributed by atoms with Crippen molar-refractivity contribution in [3.8, 4) is 0 Å². The molecule has 0 saturated heterocycles. The molecule has 18 heavy (non-hydrogen) atoms. The van der Waals surface area contributed by atoms with Gasteiger partial charge in [-0.15, -0.1) is 23.5 Å². The van der Waals surface area contributed by atoms with Gasteiger partial charge in [0.2, 0.25) is 0 Å². The van der Waals surface area contributed by atoms with Gasteiger partial charge in [0.15, 0.2) is 0 Å². The van der Waals surface area contributed by atoms with Crippen molar-refractivity contribution in [1.82, 2.24) is 0 Å². The maximum absolute atomic E-state index is 5.96. The Kier molecular flexibility index (Phi) is 9.08. The molecule has 0 unspecified atom stereocenters. The molecule has 0 amide bonds. The minimum atomic E-state index is 0.570. The first-order valence-electron chi connectivity index (χ1n) is 6.76. The monoisotopic (exact) mass is 302 g/mol. The second kappa shape index (κ2) is 10.1. The smallest absolute Gasteiger partial charge is 0.0751 e. The molecule has 0 N–H and O–H groups in total. The number of unbranched alkanes of at least 4 members (excludes halogenated alkanes) is 2. The maximum atomic E-state index is 5.96. The molecule has 0 heterocycles. The molecule has 1 aromatic carbocycles. The van der Waals surface area contributed by atoms with Crippen molar-refractivity contribution >= 4 is 35.1 Å². The molecule has 102 valence electrons. The normalized spacial score (nSPS) is 11.1. The first kappa shape index (κ1) is 16.3. The van der Waals surface area contributed by atoms with Crippen molar-refractivity contribution in [1.29, 1.82) is 0 Å². The lowest BCUT2D eigenvalue weighted by Gasteiger charge is -2.16. The van der Waals surface area contributed by atoms with Gasteiger partial charge in [-0.25, -0.2) is 0 Å². The quantitative estimate of drug-likeness (QED) is 0.382. The van der Waals surface area contributed by atoms with Crippen LogP contribution in [0.2, 0.25) is 5.02 Å². The Balaban J connectivity index is 2.54. The minimum Gasteiger partial charge on any atom is -0.143 e. The molecule has 3 heteroatoms. The summed E-state index contributed by atoms with van der Waals surface area (Å²) in [5, 5.41) is 0.828. The van der Waals surface area contributed by atoms with Crippen molar-refractivity contribution < 1.29 is 0 Å². The number of hydrogen-bond acceptors (Lipinski definition) is 2. The Bertz CT molecular complexity index is 301. The van der Waals surface area contributed by atoms with Crippen molar-refractivity contribution in [3.63, 3.8) is 0 Å². The predicted octanol–water partition coefficient (Wildman–Crippen LogP) is 6.41. The van der Waals surface area contributed by atoms with Gasteiger partial charge >= 0.3 is 0 Å². The van der Waals surface area contributed by atoms with Crippen LogP contribution in [0.4, 0.5) is 0 Å². The molecule has 0 bridgehead atoms. The van der Waals surface area contributed by atoms with E-state index in [0.29, 0.717) is 4.58 Å². The number of halogens is 1. The molecular weight excluding hydrogens is 280 g/mol. The van der Waals surface area contributed by atoms with Crippen LogP contribution in [0.15, 0.2) is 24.3 Å². The summed E-state index contributed by atoms with van der Waals surface area (Å²) in [5.41, 5.74) is 1.40.